The van der Waals surface area contributed by atoms with E-state index < -0.39 is 6.04 Å². The number of nitrogens with two attached hydrogens (primary N) is 1. The van der Waals surface area contributed by atoms with E-state index in [-0.39, 0.29) is 17.2 Å². The predicted molar refractivity (Wildman–Crippen MR) is 120 cm³/mol. The molecule has 7 atom stereocenters. The van der Waals surface area contributed by atoms with Gasteiger partial charge in [0.25, 0.3) is 5.91 Å². The molecule has 1 unspecified atom stereocenters. The molecule has 3 fully saturated rings. The monoisotopic (exact) mass is 413 g/mol. The zero-order valence-electron chi connectivity index (χ0n) is 19.1. The van der Waals surface area contributed by atoms with Crippen molar-refractivity contribution in [3.05, 3.63) is 11.6 Å². The molecule has 0 bridgehead atoms. The Morgan fingerprint density at radius 1 is 1.10 bits per heavy atom. The Hall–Kier alpha value is -1.49. The molecule has 0 aromatic heterocycles. The number of carbonyl (C=O) groups is 2. The van der Waals surface area contributed by atoms with Gasteiger partial charge >= 0.3 is 0 Å². The van der Waals surface area contributed by atoms with Crippen LogP contribution in [0.2, 0.25) is 0 Å². The van der Waals surface area contributed by atoms with E-state index in [0.29, 0.717) is 17.6 Å². The average Bonchev–Trinajstić information content (AvgIpc) is 3.16. The second-order valence-electron chi connectivity index (χ2n) is 10.9. The summed E-state index contributed by atoms with van der Waals surface area (Å²) in [6.45, 7) is 8.16. The maximum atomic E-state index is 12.2. The lowest BCUT2D eigenvalue weighted by Gasteiger charge is -2.55. The number of Topliss-reactive ketones (excluding diaryl/α,β-unsaturated/α-hetero) is 1. The van der Waals surface area contributed by atoms with Crippen LogP contribution >= 0.6 is 0 Å². The van der Waals surface area contributed by atoms with E-state index in [4.69, 9.17) is 5.73 Å². The molecule has 0 aromatic carbocycles. The molecule has 5 nitrogen and oxygen atoms in total. The molecule has 0 spiro atoms. The number of nitrogens with zero attached hydrogens (tertiary/aromatic N) is 1. The quantitative estimate of drug-likeness (QED) is 0.677. The van der Waals surface area contributed by atoms with Crippen LogP contribution in [0.15, 0.2) is 16.8 Å². The van der Waals surface area contributed by atoms with Gasteiger partial charge in [-0.3, -0.25) is 9.59 Å². The Balaban J connectivity index is 1.48. The third-order valence-corrected chi connectivity index (χ3v) is 9.15. The molecule has 166 valence electrons. The first kappa shape index (κ1) is 21.7. The first-order valence-corrected chi connectivity index (χ1v) is 12.1. The van der Waals surface area contributed by atoms with Gasteiger partial charge in [-0.2, -0.15) is 5.10 Å². The molecular weight excluding hydrogens is 374 g/mol. The topological polar surface area (TPSA) is 84.5 Å². The molecule has 0 radical (unpaired) electrons. The number of nitrogens with one attached hydrogen (secondary N) is 1. The van der Waals surface area contributed by atoms with Crippen LogP contribution < -0.4 is 11.2 Å². The van der Waals surface area contributed by atoms with E-state index in [1.807, 2.05) is 13.8 Å². The summed E-state index contributed by atoms with van der Waals surface area (Å²) in [7, 11) is 0. The van der Waals surface area contributed by atoms with Crippen molar-refractivity contribution in [3.63, 3.8) is 0 Å². The van der Waals surface area contributed by atoms with E-state index in [1.165, 1.54) is 31.3 Å². The highest BCUT2D eigenvalue weighted by atomic mass is 16.2. The molecule has 0 saturated heterocycles. The number of hydrazone groups is 1. The molecule has 5 heteroatoms. The standard InChI is InChI=1S/C25H39N3O2/c1-14(2)23(26)24(30)28-27-17-11-12-25(4)16(13-17)5-6-21-20-8-7-18(15(3)29)19(20)9-10-22(21)25/h13-14,18-23H,5-12,26H2,1-4H3,(H,28,30)/b27-17+/t18-,19?,20-,21+,22+,23+,25+/m1/s1. The minimum atomic E-state index is -0.522. The second-order valence-corrected chi connectivity index (χ2v) is 10.9. The second kappa shape index (κ2) is 8.22. The maximum absolute atomic E-state index is 12.2. The van der Waals surface area contributed by atoms with Gasteiger partial charge in [0.1, 0.15) is 5.78 Å². The van der Waals surface area contributed by atoms with Crippen molar-refractivity contribution in [2.75, 3.05) is 0 Å². The number of fused-ring (bicyclic) bond motifs is 5. The Morgan fingerprint density at radius 2 is 1.83 bits per heavy atom. The number of ketones is 1. The highest BCUT2D eigenvalue weighted by molar-refractivity contribution is 5.97. The number of allylic oxidation sites excluding steroid dienone is 2. The molecular formula is C25H39N3O2. The maximum Gasteiger partial charge on any atom is 0.257 e. The minimum absolute atomic E-state index is 0.0989. The number of hydrogen-bond acceptors (Lipinski definition) is 4. The number of carbonyl (C=O) groups excluding carboxylic acids is 2. The molecule has 3 saturated carbocycles. The summed E-state index contributed by atoms with van der Waals surface area (Å²) in [6, 6.07) is -0.522. The SMILES string of the molecule is CC(=O)[C@H]1CC[C@@H]2C1CC[C@H]1[C@H]2CCC2=C/C(=N/NC(=O)[C@@H](N)C(C)C)CC[C@@]21C. The lowest BCUT2D eigenvalue weighted by molar-refractivity contribution is -0.123. The fraction of sp³-hybridized carbons (Fsp3) is 0.800. The molecule has 4 aliphatic rings. The fourth-order valence-electron chi connectivity index (χ4n) is 7.32. The van der Waals surface area contributed by atoms with Crippen LogP contribution in [-0.4, -0.2) is 23.4 Å². The molecule has 3 N–H and O–H groups in total. The predicted octanol–water partition coefficient (Wildman–Crippen LogP) is 4.22. The molecule has 30 heavy (non-hydrogen) atoms. The van der Waals surface area contributed by atoms with Gasteiger partial charge in [-0.15, -0.1) is 0 Å². The van der Waals surface area contributed by atoms with E-state index in [1.54, 1.807) is 6.92 Å². The Morgan fingerprint density at radius 3 is 2.53 bits per heavy atom. The third-order valence-electron chi connectivity index (χ3n) is 9.15. The van der Waals surface area contributed by atoms with Crippen LogP contribution in [0.3, 0.4) is 0 Å². The number of amides is 1. The van der Waals surface area contributed by atoms with Crippen LogP contribution in [0.5, 0.6) is 0 Å². The summed E-state index contributed by atoms with van der Waals surface area (Å²) in [6.07, 6.45) is 11.5. The van der Waals surface area contributed by atoms with E-state index in [2.05, 4.69) is 23.5 Å². The number of hydrogen-bond donors (Lipinski definition) is 2. The molecule has 4 aliphatic carbocycles. The van der Waals surface area contributed by atoms with Crippen molar-refractivity contribution >= 4 is 17.4 Å². The zero-order chi connectivity index (χ0) is 21.6. The van der Waals surface area contributed by atoms with Crippen molar-refractivity contribution in [2.45, 2.75) is 85.1 Å². The summed E-state index contributed by atoms with van der Waals surface area (Å²) < 4.78 is 0. The first-order chi connectivity index (χ1) is 14.2. The van der Waals surface area contributed by atoms with E-state index in [9.17, 15) is 9.59 Å². The summed E-state index contributed by atoms with van der Waals surface area (Å²) >= 11 is 0. The minimum Gasteiger partial charge on any atom is -0.320 e. The van der Waals surface area contributed by atoms with Crippen molar-refractivity contribution in [3.8, 4) is 0 Å². The Kier molecular flexibility index (Phi) is 5.95. The first-order valence-electron chi connectivity index (χ1n) is 12.1. The van der Waals surface area contributed by atoms with E-state index in [0.717, 1.165) is 49.1 Å². The average molecular weight is 414 g/mol. The van der Waals surface area contributed by atoms with Gasteiger partial charge in [-0.25, -0.2) is 5.43 Å². The fourth-order valence-corrected chi connectivity index (χ4v) is 7.32. The molecule has 1 amide bonds. The van der Waals surface area contributed by atoms with Crippen LogP contribution in [0.4, 0.5) is 0 Å². The Bertz CT molecular complexity index is 770. The largest absolute Gasteiger partial charge is 0.320 e. The van der Waals surface area contributed by atoms with Gasteiger partial charge in [0.15, 0.2) is 0 Å². The van der Waals surface area contributed by atoms with Crippen LogP contribution in [0.1, 0.15) is 79.1 Å². The molecule has 0 aromatic rings. The third kappa shape index (κ3) is 3.68. The van der Waals surface area contributed by atoms with Crippen molar-refractivity contribution in [1.29, 1.82) is 0 Å². The van der Waals surface area contributed by atoms with Crippen LogP contribution in [-0.2, 0) is 9.59 Å². The molecule has 4 rings (SSSR count). The summed E-state index contributed by atoms with van der Waals surface area (Å²) in [5.74, 6) is 3.54. The van der Waals surface area contributed by atoms with Gasteiger partial charge < -0.3 is 5.73 Å². The molecule has 0 heterocycles. The smallest absolute Gasteiger partial charge is 0.257 e. The van der Waals surface area contributed by atoms with Crippen LogP contribution in [0, 0.1) is 40.9 Å². The summed E-state index contributed by atoms with van der Waals surface area (Å²) in [5, 5.41) is 4.42. The van der Waals surface area contributed by atoms with E-state index >= 15 is 0 Å². The zero-order valence-corrected chi connectivity index (χ0v) is 19.1. The summed E-state index contributed by atoms with van der Waals surface area (Å²) in [5.41, 5.74) is 11.4. The molecule has 0 aliphatic heterocycles. The van der Waals surface area contributed by atoms with Gasteiger partial charge in [0, 0.05) is 5.92 Å². The Labute approximate surface area is 181 Å². The normalized spacial score (nSPS) is 40.3. The van der Waals surface area contributed by atoms with Crippen molar-refractivity contribution in [1.82, 2.24) is 5.43 Å². The van der Waals surface area contributed by atoms with Gasteiger partial charge in [0.2, 0.25) is 0 Å². The highest BCUT2D eigenvalue weighted by Gasteiger charge is 2.54. The van der Waals surface area contributed by atoms with Gasteiger partial charge in [-0.1, -0.05) is 26.3 Å². The van der Waals surface area contributed by atoms with Crippen LogP contribution in [0.25, 0.3) is 0 Å². The summed E-state index contributed by atoms with van der Waals surface area (Å²) in [4.78, 5) is 24.3. The van der Waals surface area contributed by atoms with Crippen molar-refractivity contribution in [2.24, 2.45) is 51.8 Å². The number of rotatable bonds is 4. The van der Waals surface area contributed by atoms with Gasteiger partial charge in [0.05, 0.1) is 11.8 Å². The van der Waals surface area contributed by atoms with Crippen molar-refractivity contribution < 1.29 is 9.59 Å². The highest BCUT2D eigenvalue weighted by Crippen LogP contribution is 2.62. The lowest BCUT2D eigenvalue weighted by Crippen LogP contribution is -2.47. The van der Waals surface area contributed by atoms with Gasteiger partial charge in [-0.05, 0) is 99.4 Å². The lowest BCUT2D eigenvalue weighted by atomic mass is 9.49.